The van der Waals surface area contributed by atoms with E-state index in [9.17, 15) is 14.4 Å². The molecule has 5 nitrogen and oxygen atoms in total. The van der Waals surface area contributed by atoms with Gasteiger partial charge in [0.15, 0.2) is 6.29 Å². The monoisotopic (exact) mass is 221 g/mol. The summed E-state index contributed by atoms with van der Waals surface area (Å²) < 4.78 is 0. The highest BCUT2D eigenvalue weighted by atomic mass is 16.7. The molecular weight excluding hydrogens is 210 g/mol. The van der Waals surface area contributed by atoms with Crippen LogP contribution in [0.5, 0.6) is 0 Å². The van der Waals surface area contributed by atoms with E-state index in [0.29, 0.717) is 6.29 Å². The molecule has 1 amide bonds. The molecule has 0 aliphatic carbocycles. The normalized spacial score (nSPS) is 9.31. The van der Waals surface area contributed by atoms with E-state index in [4.69, 9.17) is 0 Å². The van der Waals surface area contributed by atoms with Gasteiger partial charge < -0.3 is 4.84 Å². The fraction of sp³-hybridized carbons (Fsp3) is 0.182. The number of rotatable bonds is 3. The van der Waals surface area contributed by atoms with Gasteiger partial charge >= 0.3 is 5.97 Å². The third kappa shape index (κ3) is 2.91. The summed E-state index contributed by atoms with van der Waals surface area (Å²) >= 11 is 0. The van der Waals surface area contributed by atoms with Crippen molar-refractivity contribution in [2.75, 3.05) is 0 Å². The number of nitrogens with one attached hydrogen (secondary N) is 1. The Hall–Kier alpha value is -2.17. The summed E-state index contributed by atoms with van der Waals surface area (Å²) in [7, 11) is 0. The lowest BCUT2D eigenvalue weighted by Crippen LogP contribution is -2.27. The molecule has 0 atom stereocenters. The van der Waals surface area contributed by atoms with Gasteiger partial charge in [-0.1, -0.05) is 25.1 Å². The first-order valence-corrected chi connectivity index (χ1v) is 4.73. The van der Waals surface area contributed by atoms with Crippen LogP contribution in [0.2, 0.25) is 0 Å². The molecule has 1 N–H and O–H groups in total. The summed E-state index contributed by atoms with van der Waals surface area (Å²) in [5, 5.41) is 0. The quantitative estimate of drug-likeness (QED) is 0.612. The molecule has 0 unspecified atom stereocenters. The Kier molecular flexibility index (Phi) is 4.20. The molecule has 0 saturated heterocycles. The summed E-state index contributed by atoms with van der Waals surface area (Å²) in [5.74, 6) is -1.17. The molecule has 1 aromatic rings. The number of amides is 1. The van der Waals surface area contributed by atoms with Crippen LogP contribution in [0, 0.1) is 0 Å². The molecule has 0 fully saturated rings. The van der Waals surface area contributed by atoms with E-state index >= 15 is 0 Å². The third-order valence-corrected chi connectivity index (χ3v) is 1.88. The minimum absolute atomic E-state index is 0.162. The standard InChI is InChI=1S/C11H11NO4/c1-2-10(14)16-12-11(15)9-6-4-3-5-8(9)7-13/h3-7H,2H2,1H3,(H,12,15). The van der Waals surface area contributed by atoms with Crippen LogP contribution >= 0.6 is 0 Å². The van der Waals surface area contributed by atoms with Crippen LogP contribution in [0.25, 0.3) is 0 Å². The number of carbonyl (C=O) groups excluding carboxylic acids is 3. The Bertz CT molecular complexity index is 414. The van der Waals surface area contributed by atoms with E-state index in [1.165, 1.54) is 12.1 Å². The first-order valence-electron chi connectivity index (χ1n) is 4.73. The van der Waals surface area contributed by atoms with E-state index in [0.717, 1.165) is 0 Å². The predicted molar refractivity (Wildman–Crippen MR) is 55.7 cm³/mol. The number of aldehydes is 1. The van der Waals surface area contributed by atoms with Crippen molar-refractivity contribution in [2.45, 2.75) is 13.3 Å². The third-order valence-electron chi connectivity index (χ3n) is 1.88. The maximum Gasteiger partial charge on any atom is 0.331 e. The summed E-state index contributed by atoms with van der Waals surface area (Å²) in [6.45, 7) is 1.61. The molecule has 0 aliphatic heterocycles. The largest absolute Gasteiger partial charge is 0.341 e. The SMILES string of the molecule is CCC(=O)ONC(=O)c1ccccc1C=O. The number of carbonyl (C=O) groups is 3. The molecule has 0 aromatic heterocycles. The summed E-state index contributed by atoms with van der Waals surface area (Å²) in [4.78, 5) is 37.4. The summed E-state index contributed by atoms with van der Waals surface area (Å²) in [6.07, 6.45) is 0.728. The van der Waals surface area contributed by atoms with Crippen LogP contribution in [0.4, 0.5) is 0 Å². The lowest BCUT2D eigenvalue weighted by atomic mass is 10.1. The molecule has 16 heavy (non-hydrogen) atoms. The Morgan fingerprint density at radius 3 is 2.69 bits per heavy atom. The van der Waals surface area contributed by atoms with E-state index in [1.54, 1.807) is 19.1 Å². The fourth-order valence-corrected chi connectivity index (χ4v) is 1.04. The van der Waals surface area contributed by atoms with Gasteiger partial charge in [0.1, 0.15) is 0 Å². The Morgan fingerprint density at radius 1 is 1.38 bits per heavy atom. The number of hydrogen-bond acceptors (Lipinski definition) is 4. The van der Waals surface area contributed by atoms with E-state index < -0.39 is 11.9 Å². The van der Waals surface area contributed by atoms with Crippen LogP contribution in [0.15, 0.2) is 24.3 Å². The van der Waals surface area contributed by atoms with Crippen molar-refractivity contribution in [3.8, 4) is 0 Å². The molecule has 84 valence electrons. The van der Waals surface area contributed by atoms with E-state index in [-0.39, 0.29) is 17.5 Å². The van der Waals surface area contributed by atoms with Gasteiger partial charge in [-0.25, -0.2) is 4.79 Å². The van der Waals surface area contributed by atoms with Gasteiger partial charge in [0, 0.05) is 12.0 Å². The molecule has 5 heteroatoms. The highest BCUT2D eigenvalue weighted by Gasteiger charge is 2.11. The first kappa shape index (κ1) is 11.9. The molecule has 0 bridgehead atoms. The van der Waals surface area contributed by atoms with Gasteiger partial charge in [0.25, 0.3) is 5.91 Å². The molecule has 0 aliphatic rings. The first-order chi connectivity index (χ1) is 7.69. The topological polar surface area (TPSA) is 72.5 Å². The van der Waals surface area contributed by atoms with Crippen LogP contribution in [0.1, 0.15) is 34.1 Å². The Labute approximate surface area is 92.4 Å². The predicted octanol–water partition coefficient (Wildman–Crippen LogP) is 1.10. The Morgan fingerprint density at radius 2 is 2.06 bits per heavy atom. The van der Waals surface area contributed by atoms with E-state index in [2.05, 4.69) is 4.84 Å². The van der Waals surface area contributed by atoms with Crippen molar-refractivity contribution in [2.24, 2.45) is 0 Å². The van der Waals surface area contributed by atoms with Crippen LogP contribution in [-0.2, 0) is 9.63 Å². The maximum atomic E-state index is 11.5. The molecule has 0 saturated carbocycles. The van der Waals surface area contributed by atoms with Gasteiger partial charge in [0.05, 0.1) is 5.56 Å². The fourth-order valence-electron chi connectivity index (χ4n) is 1.04. The van der Waals surface area contributed by atoms with Crippen molar-refractivity contribution >= 4 is 18.2 Å². The zero-order chi connectivity index (χ0) is 12.0. The second kappa shape index (κ2) is 5.65. The Balaban J connectivity index is 2.73. The molecular formula is C11H11NO4. The zero-order valence-electron chi connectivity index (χ0n) is 8.73. The van der Waals surface area contributed by atoms with Gasteiger partial charge in [0.2, 0.25) is 0 Å². The highest BCUT2D eigenvalue weighted by Crippen LogP contribution is 2.05. The molecule has 0 spiro atoms. The smallest absolute Gasteiger partial charge is 0.331 e. The number of benzene rings is 1. The lowest BCUT2D eigenvalue weighted by molar-refractivity contribution is -0.148. The van der Waals surface area contributed by atoms with Crippen molar-refractivity contribution < 1.29 is 19.2 Å². The van der Waals surface area contributed by atoms with Gasteiger partial charge in [-0.05, 0) is 6.07 Å². The average molecular weight is 221 g/mol. The van der Waals surface area contributed by atoms with Crippen molar-refractivity contribution in [1.29, 1.82) is 0 Å². The van der Waals surface area contributed by atoms with Crippen LogP contribution in [-0.4, -0.2) is 18.2 Å². The second-order valence-corrected chi connectivity index (χ2v) is 2.96. The molecule has 1 rings (SSSR count). The van der Waals surface area contributed by atoms with Gasteiger partial charge in [-0.2, -0.15) is 5.48 Å². The average Bonchev–Trinajstić information content (AvgIpc) is 2.35. The minimum Gasteiger partial charge on any atom is -0.341 e. The van der Waals surface area contributed by atoms with Crippen molar-refractivity contribution in [1.82, 2.24) is 5.48 Å². The van der Waals surface area contributed by atoms with Gasteiger partial charge in [-0.15, -0.1) is 0 Å². The second-order valence-electron chi connectivity index (χ2n) is 2.96. The summed E-state index contributed by atoms with van der Waals surface area (Å²) in [5.41, 5.74) is 2.39. The maximum absolute atomic E-state index is 11.5. The van der Waals surface area contributed by atoms with Crippen LogP contribution < -0.4 is 5.48 Å². The van der Waals surface area contributed by atoms with Crippen molar-refractivity contribution in [3.63, 3.8) is 0 Å². The molecule has 1 aromatic carbocycles. The number of hydrogen-bond donors (Lipinski definition) is 1. The minimum atomic E-state index is -0.621. The summed E-state index contributed by atoms with van der Waals surface area (Å²) in [6, 6.07) is 6.23. The molecule has 0 radical (unpaired) electrons. The number of hydroxylamine groups is 1. The molecule has 0 heterocycles. The van der Waals surface area contributed by atoms with Crippen LogP contribution in [0.3, 0.4) is 0 Å². The van der Waals surface area contributed by atoms with Crippen molar-refractivity contribution in [3.05, 3.63) is 35.4 Å². The van der Waals surface area contributed by atoms with E-state index in [1.807, 2.05) is 5.48 Å². The zero-order valence-corrected chi connectivity index (χ0v) is 8.73. The lowest BCUT2D eigenvalue weighted by Gasteiger charge is -2.05. The van der Waals surface area contributed by atoms with Gasteiger partial charge in [-0.3, -0.25) is 9.59 Å². The highest BCUT2D eigenvalue weighted by molar-refractivity contribution is 6.01.